The lowest BCUT2D eigenvalue weighted by Crippen LogP contribution is -2.20. The molecule has 0 spiro atoms. The fraction of sp³-hybridized carbons (Fsp3) is 0.118. The number of nitro groups is 1. The molecule has 0 bridgehead atoms. The van der Waals surface area contributed by atoms with Crippen molar-refractivity contribution in [2.75, 3.05) is 0 Å². The van der Waals surface area contributed by atoms with Crippen molar-refractivity contribution in [3.63, 3.8) is 0 Å². The van der Waals surface area contributed by atoms with E-state index < -0.39 is 10.8 Å². The van der Waals surface area contributed by atoms with Crippen LogP contribution in [0.15, 0.2) is 47.7 Å². The number of rotatable bonds is 4. The molecular formula is C17H15N5O3. The summed E-state index contributed by atoms with van der Waals surface area (Å²) in [6.07, 6.45) is 3.11. The van der Waals surface area contributed by atoms with Crippen LogP contribution >= 0.6 is 0 Å². The largest absolute Gasteiger partial charge is 0.295 e. The number of hydrogen-bond donors (Lipinski definition) is 1. The zero-order chi connectivity index (χ0) is 18.0. The van der Waals surface area contributed by atoms with Crippen molar-refractivity contribution in [1.29, 1.82) is 0 Å². The van der Waals surface area contributed by atoms with Crippen molar-refractivity contribution >= 4 is 23.5 Å². The number of nitrogens with zero attached hydrogens (tertiary/aromatic N) is 4. The molecule has 0 saturated heterocycles. The quantitative estimate of drug-likeness (QED) is 0.449. The van der Waals surface area contributed by atoms with E-state index in [9.17, 15) is 14.9 Å². The van der Waals surface area contributed by atoms with E-state index in [1.807, 2.05) is 6.07 Å². The summed E-state index contributed by atoms with van der Waals surface area (Å²) in [5.41, 5.74) is 5.17. The Bertz CT molecular complexity index is 1010. The first kappa shape index (κ1) is 16.3. The number of hydrogen-bond acceptors (Lipinski definition) is 5. The summed E-state index contributed by atoms with van der Waals surface area (Å²) in [4.78, 5) is 27.2. The molecule has 2 heterocycles. The van der Waals surface area contributed by atoms with E-state index in [1.165, 1.54) is 12.3 Å². The molecule has 0 aliphatic carbocycles. The summed E-state index contributed by atoms with van der Waals surface area (Å²) in [6.45, 7) is 3.41. The Kier molecular flexibility index (Phi) is 4.25. The number of amides is 1. The smallest absolute Gasteiger partial charge is 0.290 e. The predicted octanol–water partition coefficient (Wildman–Crippen LogP) is 2.62. The van der Waals surface area contributed by atoms with Crippen molar-refractivity contribution in [2.45, 2.75) is 13.8 Å². The fourth-order valence-electron chi connectivity index (χ4n) is 2.51. The summed E-state index contributed by atoms with van der Waals surface area (Å²) < 4.78 is 1.68. The molecule has 1 amide bonds. The summed E-state index contributed by atoms with van der Waals surface area (Å²) in [5.74, 6) is -0.408. The highest BCUT2D eigenvalue weighted by atomic mass is 16.6. The van der Waals surface area contributed by atoms with Crippen LogP contribution in [0.2, 0.25) is 0 Å². The number of pyridine rings is 1. The minimum Gasteiger partial charge on any atom is -0.295 e. The molecule has 0 aliphatic heterocycles. The first-order chi connectivity index (χ1) is 12.0. The van der Waals surface area contributed by atoms with E-state index in [1.54, 1.807) is 48.7 Å². The average molecular weight is 337 g/mol. The van der Waals surface area contributed by atoms with Gasteiger partial charge in [0.1, 0.15) is 11.3 Å². The number of hydrazone groups is 1. The number of carbonyl (C=O) groups excluding carboxylic acids is 1. The number of fused-ring (bicyclic) bond motifs is 1. The SMILES string of the molecule is Cc1ccc(/C=N\NC(=O)c2c(C)nc3ccccn23)cc1[N+](=O)[O-]. The van der Waals surface area contributed by atoms with E-state index in [-0.39, 0.29) is 5.69 Å². The van der Waals surface area contributed by atoms with Crippen LogP contribution < -0.4 is 5.43 Å². The normalized spacial score (nSPS) is 11.1. The lowest BCUT2D eigenvalue weighted by Gasteiger charge is -2.02. The number of aromatic nitrogens is 2. The molecule has 1 aromatic carbocycles. The number of benzene rings is 1. The Morgan fingerprint density at radius 1 is 1.32 bits per heavy atom. The third-order valence-electron chi connectivity index (χ3n) is 3.73. The Morgan fingerprint density at radius 3 is 2.88 bits per heavy atom. The number of nitrogens with one attached hydrogen (secondary N) is 1. The van der Waals surface area contributed by atoms with E-state index >= 15 is 0 Å². The van der Waals surface area contributed by atoms with Crippen LogP contribution in [-0.4, -0.2) is 26.4 Å². The molecule has 3 rings (SSSR count). The monoisotopic (exact) mass is 337 g/mol. The second-order valence-corrected chi connectivity index (χ2v) is 5.48. The van der Waals surface area contributed by atoms with E-state index in [2.05, 4.69) is 15.5 Å². The van der Waals surface area contributed by atoms with Gasteiger partial charge in [-0.3, -0.25) is 19.3 Å². The zero-order valence-electron chi connectivity index (χ0n) is 13.6. The molecule has 0 atom stereocenters. The van der Waals surface area contributed by atoms with Gasteiger partial charge in [-0.1, -0.05) is 18.2 Å². The van der Waals surface area contributed by atoms with Crippen molar-refractivity contribution < 1.29 is 9.72 Å². The van der Waals surface area contributed by atoms with E-state index in [0.29, 0.717) is 28.2 Å². The third-order valence-corrected chi connectivity index (χ3v) is 3.73. The maximum atomic E-state index is 12.4. The van der Waals surface area contributed by atoms with E-state index in [4.69, 9.17) is 0 Å². The van der Waals surface area contributed by atoms with Gasteiger partial charge < -0.3 is 0 Å². The van der Waals surface area contributed by atoms with Crippen molar-refractivity contribution in [1.82, 2.24) is 14.8 Å². The fourth-order valence-corrected chi connectivity index (χ4v) is 2.51. The highest BCUT2D eigenvalue weighted by molar-refractivity contribution is 5.95. The number of carbonyl (C=O) groups is 1. The van der Waals surface area contributed by atoms with Gasteiger partial charge in [0, 0.05) is 23.4 Å². The molecule has 8 heteroatoms. The molecule has 25 heavy (non-hydrogen) atoms. The molecule has 0 saturated carbocycles. The second-order valence-electron chi connectivity index (χ2n) is 5.48. The van der Waals surface area contributed by atoms with Gasteiger partial charge in [0.25, 0.3) is 11.6 Å². The topological polar surface area (TPSA) is 102 Å². The lowest BCUT2D eigenvalue weighted by molar-refractivity contribution is -0.385. The van der Waals surface area contributed by atoms with Crippen LogP contribution in [0.1, 0.15) is 27.3 Å². The standard InChI is InChI=1S/C17H15N5O3/c1-11-6-7-13(9-14(11)22(24)25)10-18-20-17(23)16-12(2)19-15-5-3-4-8-21(15)16/h3-10H,1-2H3,(H,20,23)/b18-10-. The average Bonchev–Trinajstić information content (AvgIpc) is 2.91. The molecule has 0 aliphatic rings. The van der Waals surface area contributed by atoms with Gasteiger partial charge in [0.2, 0.25) is 0 Å². The second kappa shape index (κ2) is 6.52. The van der Waals surface area contributed by atoms with Crippen LogP contribution in [0, 0.1) is 24.0 Å². The molecule has 0 radical (unpaired) electrons. The molecule has 0 unspecified atom stereocenters. The van der Waals surface area contributed by atoms with Gasteiger partial charge in [0.05, 0.1) is 16.8 Å². The van der Waals surface area contributed by atoms with Crippen LogP contribution in [-0.2, 0) is 0 Å². The Balaban J connectivity index is 1.80. The van der Waals surface area contributed by atoms with Crippen LogP contribution in [0.4, 0.5) is 5.69 Å². The van der Waals surface area contributed by atoms with Gasteiger partial charge >= 0.3 is 0 Å². The molecule has 3 aromatic rings. The van der Waals surface area contributed by atoms with Gasteiger partial charge in [-0.2, -0.15) is 5.10 Å². The molecule has 0 fully saturated rings. The first-order valence-corrected chi connectivity index (χ1v) is 7.49. The highest BCUT2D eigenvalue weighted by Gasteiger charge is 2.15. The summed E-state index contributed by atoms with van der Waals surface area (Å²) in [6, 6.07) is 10.2. The molecule has 1 N–H and O–H groups in total. The van der Waals surface area contributed by atoms with Gasteiger partial charge in [-0.05, 0) is 26.0 Å². The minimum absolute atomic E-state index is 0.00732. The van der Waals surface area contributed by atoms with Crippen molar-refractivity contribution in [2.24, 2.45) is 5.10 Å². The zero-order valence-corrected chi connectivity index (χ0v) is 13.6. The van der Waals surface area contributed by atoms with Gasteiger partial charge in [-0.25, -0.2) is 10.4 Å². The Morgan fingerprint density at radius 2 is 2.12 bits per heavy atom. The number of aryl methyl sites for hydroxylation is 2. The highest BCUT2D eigenvalue weighted by Crippen LogP contribution is 2.18. The minimum atomic E-state index is -0.451. The van der Waals surface area contributed by atoms with Crippen molar-refractivity contribution in [3.05, 3.63) is 75.2 Å². The third kappa shape index (κ3) is 3.23. The van der Waals surface area contributed by atoms with Crippen LogP contribution in [0.3, 0.4) is 0 Å². The summed E-state index contributed by atoms with van der Waals surface area (Å²) in [5, 5.41) is 14.8. The Labute approximate surface area is 143 Å². The summed E-state index contributed by atoms with van der Waals surface area (Å²) in [7, 11) is 0. The molecule has 2 aromatic heterocycles. The molecular weight excluding hydrogens is 322 g/mol. The number of imidazole rings is 1. The first-order valence-electron chi connectivity index (χ1n) is 7.49. The van der Waals surface area contributed by atoms with Gasteiger partial charge in [-0.15, -0.1) is 0 Å². The van der Waals surface area contributed by atoms with Crippen LogP contribution in [0.25, 0.3) is 5.65 Å². The molecule has 126 valence electrons. The Hall–Kier alpha value is -3.55. The maximum Gasteiger partial charge on any atom is 0.290 e. The number of nitro benzene ring substituents is 1. The van der Waals surface area contributed by atoms with Crippen molar-refractivity contribution in [3.8, 4) is 0 Å². The molecule has 8 nitrogen and oxygen atoms in total. The van der Waals surface area contributed by atoms with E-state index in [0.717, 1.165) is 0 Å². The van der Waals surface area contributed by atoms with Gasteiger partial charge in [0.15, 0.2) is 0 Å². The summed E-state index contributed by atoms with van der Waals surface area (Å²) >= 11 is 0. The van der Waals surface area contributed by atoms with Crippen LogP contribution in [0.5, 0.6) is 0 Å². The lowest BCUT2D eigenvalue weighted by atomic mass is 10.1. The predicted molar refractivity (Wildman–Crippen MR) is 92.8 cm³/mol. The maximum absolute atomic E-state index is 12.4.